The number of nitrogens with zero attached hydrogens (tertiary/aromatic N) is 2. The Hall–Kier alpha value is -2.02. The fraction of sp³-hybridized carbons (Fsp3) is 0.308. The average molecular weight is 293 g/mol. The topological polar surface area (TPSA) is 75.1 Å². The SMILES string of the molecule is O=C(O)c1ccnc(Nc2nc3c(s2)CCCC3)c1F. The van der Waals surface area contributed by atoms with Gasteiger partial charge in [0.05, 0.1) is 5.69 Å². The van der Waals surface area contributed by atoms with Crippen LogP contribution in [0.5, 0.6) is 0 Å². The molecule has 0 saturated heterocycles. The van der Waals surface area contributed by atoms with Crippen molar-refractivity contribution >= 4 is 28.3 Å². The molecule has 0 saturated carbocycles. The number of hydrogen-bond acceptors (Lipinski definition) is 5. The summed E-state index contributed by atoms with van der Waals surface area (Å²) in [5.41, 5.74) is 0.655. The molecular weight excluding hydrogens is 281 g/mol. The molecule has 104 valence electrons. The van der Waals surface area contributed by atoms with Gasteiger partial charge < -0.3 is 10.4 Å². The molecule has 1 aliphatic carbocycles. The van der Waals surface area contributed by atoms with Crippen LogP contribution in [-0.2, 0) is 12.8 Å². The van der Waals surface area contributed by atoms with E-state index in [1.807, 2.05) is 0 Å². The minimum Gasteiger partial charge on any atom is -0.478 e. The molecule has 7 heteroatoms. The van der Waals surface area contributed by atoms with E-state index in [9.17, 15) is 9.18 Å². The zero-order chi connectivity index (χ0) is 14.1. The number of carbonyl (C=O) groups is 1. The summed E-state index contributed by atoms with van der Waals surface area (Å²) in [6, 6.07) is 1.13. The van der Waals surface area contributed by atoms with E-state index in [-0.39, 0.29) is 5.82 Å². The van der Waals surface area contributed by atoms with E-state index in [0.717, 1.165) is 37.4 Å². The number of halogens is 1. The Kier molecular flexibility index (Phi) is 3.35. The maximum atomic E-state index is 14.0. The van der Waals surface area contributed by atoms with Crippen molar-refractivity contribution in [1.82, 2.24) is 9.97 Å². The predicted octanol–water partition coefficient (Wildman–Crippen LogP) is 3.00. The van der Waals surface area contributed by atoms with Crippen LogP contribution in [0.3, 0.4) is 0 Å². The highest BCUT2D eigenvalue weighted by molar-refractivity contribution is 7.15. The Bertz CT molecular complexity index is 648. The van der Waals surface area contributed by atoms with Crippen LogP contribution in [-0.4, -0.2) is 21.0 Å². The van der Waals surface area contributed by atoms with Gasteiger partial charge in [0, 0.05) is 11.1 Å². The highest BCUT2D eigenvalue weighted by Crippen LogP contribution is 2.31. The molecule has 0 radical (unpaired) electrons. The third kappa shape index (κ3) is 2.36. The fourth-order valence-corrected chi connectivity index (χ4v) is 3.25. The van der Waals surface area contributed by atoms with Crippen LogP contribution in [0.15, 0.2) is 12.3 Å². The number of carboxylic acids is 1. The number of aromatic nitrogens is 2. The van der Waals surface area contributed by atoms with Crippen LogP contribution >= 0.6 is 11.3 Å². The number of aromatic carboxylic acids is 1. The maximum absolute atomic E-state index is 14.0. The van der Waals surface area contributed by atoms with Crippen LogP contribution in [0.4, 0.5) is 15.3 Å². The van der Waals surface area contributed by atoms with Crippen LogP contribution in [0.1, 0.15) is 33.8 Å². The first-order chi connectivity index (χ1) is 9.65. The molecule has 0 fully saturated rings. The van der Waals surface area contributed by atoms with Crippen molar-refractivity contribution in [2.75, 3.05) is 5.32 Å². The molecule has 2 heterocycles. The van der Waals surface area contributed by atoms with E-state index in [1.54, 1.807) is 0 Å². The van der Waals surface area contributed by atoms with Crippen LogP contribution < -0.4 is 5.32 Å². The Labute approximate surface area is 118 Å². The summed E-state index contributed by atoms with van der Waals surface area (Å²) in [5, 5.41) is 12.2. The quantitative estimate of drug-likeness (QED) is 0.910. The van der Waals surface area contributed by atoms with Gasteiger partial charge in [-0.3, -0.25) is 0 Å². The highest BCUT2D eigenvalue weighted by Gasteiger charge is 2.18. The lowest BCUT2D eigenvalue weighted by Crippen LogP contribution is -2.05. The first-order valence-electron chi connectivity index (χ1n) is 6.28. The number of pyridine rings is 1. The number of carboxylic acid groups (broad SMARTS) is 1. The van der Waals surface area contributed by atoms with Crippen molar-refractivity contribution in [3.8, 4) is 0 Å². The molecule has 0 spiro atoms. The summed E-state index contributed by atoms with van der Waals surface area (Å²) in [6.45, 7) is 0. The van der Waals surface area contributed by atoms with E-state index >= 15 is 0 Å². The Balaban J connectivity index is 1.89. The molecule has 2 aromatic heterocycles. The van der Waals surface area contributed by atoms with E-state index in [1.165, 1.54) is 22.4 Å². The van der Waals surface area contributed by atoms with Gasteiger partial charge in [-0.2, -0.15) is 0 Å². The summed E-state index contributed by atoms with van der Waals surface area (Å²) in [4.78, 5) is 20.3. The van der Waals surface area contributed by atoms with Gasteiger partial charge in [-0.15, -0.1) is 11.3 Å². The zero-order valence-corrected chi connectivity index (χ0v) is 11.3. The molecule has 5 nitrogen and oxygen atoms in total. The lowest BCUT2D eigenvalue weighted by molar-refractivity contribution is 0.0692. The van der Waals surface area contributed by atoms with Crippen LogP contribution in [0.2, 0.25) is 0 Å². The second kappa shape index (κ2) is 5.16. The molecule has 0 aromatic carbocycles. The summed E-state index contributed by atoms with van der Waals surface area (Å²) in [7, 11) is 0. The normalized spacial score (nSPS) is 13.8. The van der Waals surface area contributed by atoms with E-state index in [4.69, 9.17) is 5.11 Å². The maximum Gasteiger partial charge on any atom is 0.338 e. The lowest BCUT2D eigenvalue weighted by Gasteiger charge is -2.06. The van der Waals surface area contributed by atoms with Gasteiger partial charge in [-0.1, -0.05) is 0 Å². The highest BCUT2D eigenvalue weighted by atomic mass is 32.1. The lowest BCUT2D eigenvalue weighted by atomic mass is 10.0. The molecule has 3 rings (SSSR count). The van der Waals surface area contributed by atoms with Gasteiger partial charge in [0.1, 0.15) is 5.56 Å². The number of anilines is 2. The number of thiazole rings is 1. The van der Waals surface area contributed by atoms with Crippen molar-refractivity contribution in [3.05, 3.63) is 34.2 Å². The van der Waals surface area contributed by atoms with Gasteiger partial charge in [0.15, 0.2) is 16.8 Å². The molecule has 0 aliphatic heterocycles. The number of nitrogens with one attached hydrogen (secondary N) is 1. The third-order valence-corrected chi connectivity index (χ3v) is 4.26. The van der Waals surface area contributed by atoms with Crippen molar-refractivity contribution in [2.45, 2.75) is 25.7 Å². The minimum atomic E-state index is -1.31. The average Bonchev–Trinajstić information content (AvgIpc) is 2.83. The molecule has 2 N–H and O–H groups in total. The molecule has 20 heavy (non-hydrogen) atoms. The van der Waals surface area contributed by atoms with Crippen molar-refractivity contribution in [2.24, 2.45) is 0 Å². The third-order valence-electron chi connectivity index (χ3n) is 3.19. The number of rotatable bonds is 3. The standard InChI is InChI=1S/C13H12FN3O2S/c14-10-7(12(18)19)5-6-15-11(10)17-13-16-8-3-1-2-4-9(8)20-13/h5-6H,1-4H2,(H,18,19)(H,15,16,17). The number of hydrogen-bond donors (Lipinski definition) is 2. The Morgan fingerprint density at radius 3 is 2.95 bits per heavy atom. The first kappa shape index (κ1) is 13.0. The molecule has 1 aliphatic rings. The zero-order valence-electron chi connectivity index (χ0n) is 10.5. The van der Waals surface area contributed by atoms with E-state index in [0.29, 0.717) is 5.13 Å². The van der Waals surface area contributed by atoms with Crippen molar-refractivity contribution < 1.29 is 14.3 Å². The van der Waals surface area contributed by atoms with Crippen molar-refractivity contribution in [3.63, 3.8) is 0 Å². The van der Waals surface area contributed by atoms with Gasteiger partial charge in [0.2, 0.25) is 0 Å². The van der Waals surface area contributed by atoms with Gasteiger partial charge in [-0.25, -0.2) is 19.2 Å². The summed E-state index contributed by atoms with van der Waals surface area (Å²) in [6.07, 6.45) is 5.48. The minimum absolute atomic E-state index is 0.101. The van der Waals surface area contributed by atoms with Crippen LogP contribution in [0, 0.1) is 5.82 Å². The second-order valence-electron chi connectivity index (χ2n) is 4.55. The van der Waals surface area contributed by atoms with Crippen molar-refractivity contribution in [1.29, 1.82) is 0 Å². The molecule has 0 unspecified atom stereocenters. The Morgan fingerprint density at radius 2 is 2.20 bits per heavy atom. The molecule has 0 bridgehead atoms. The monoisotopic (exact) mass is 293 g/mol. The van der Waals surface area contributed by atoms with Crippen LogP contribution in [0.25, 0.3) is 0 Å². The summed E-state index contributed by atoms with van der Waals surface area (Å²) in [5.74, 6) is -2.28. The summed E-state index contributed by atoms with van der Waals surface area (Å²) >= 11 is 1.48. The first-order valence-corrected chi connectivity index (χ1v) is 7.10. The molecular formula is C13H12FN3O2S. The Morgan fingerprint density at radius 1 is 1.40 bits per heavy atom. The number of aryl methyl sites for hydroxylation is 2. The largest absolute Gasteiger partial charge is 0.478 e. The fourth-order valence-electron chi connectivity index (χ4n) is 2.20. The molecule has 0 atom stereocenters. The predicted molar refractivity (Wildman–Crippen MR) is 73.2 cm³/mol. The van der Waals surface area contributed by atoms with E-state index in [2.05, 4.69) is 15.3 Å². The molecule has 0 amide bonds. The number of fused-ring (bicyclic) bond motifs is 1. The van der Waals surface area contributed by atoms with Gasteiger partial charge in [0.25, 0.3) is 0 Å². The van der Waals surface area contributed by atoms with E-state index < -0.39 is 17.3 Å². The molecule has 2 aromatic rings. The second-order valence-corrected chi connectivity index (χ2v) is 5.63. The summed E-state index contributed by atoms with van der Waals surface area (Å²) < 4.78 is 14.0. The van der Waals surface area contributed by atoms with Gasteiger partial charge >= 0.3 is 5.97 Å². The van der Waals surface area contributed by atoms with Gasteiger partial charge in [-0.05, 0) is 31.7 Å². The smallest absolute Gasteiger partial charge is 0.338 e.